The number of aromatic nitrogens is 1. The third-order valence-electron chi connectivity index (χ3n) is 2.45. The second-order valence-electron chi connectivity index (χ2n) is 4.14. The Bertz CT molecular complexity index is 389. The van der Waals surface area contributed by atoms with Gasteiger partial charge in [0.1, 0.15) is 12.3 Å². The van der Waals surface area contributed by atoms with Crippen molar-refractivity contribution in [1.29, 1.82) is 0 Å². The van der Waals surface area contributed by atoms with Crippen LogP contribution < -0.4 is 11.6 Å². The smallest absolute Gasteiger partial charge is 0.144 e. The first-order valence-corrected chi connectivity index (χ1v) is 5.42. The molecule has 0 aliphatic rings. The molecule has 17 heavy (non-hydrogen) atoms. The van der Waals surface area contributed by atoms with E-state index in [2.05, 4.69) is 4.98 Å². The number of carbonyl (C=O) groups excluding carboxylic acids is 1. The highest BCUT2D eigenvalue weighted by atomic mass is 16.1. The fraction of sp³-hybridized carbons (Fsp3) is 0.333. The van der Waals surface area contributed by atoms with Crippen LogP contribution in [0.1, 0.15) is 19.4 Å². The first-order valence-electron chi connectivity index (χ1n) is 5.42. The fourth-order valence-corrected chi connectivity index (χ4v) is 1.43. The number of carbonyl (C=O) groups is 1. The van der Waals surface area contributed by atoms with E-state index in [0.29, 0.717) is 5.70 Å². The van der Waals surface area contributed by atoms with Gasteiger partial charge < -0.3 is 15.5 Å². The summed E-state index contributed by atoms with van der Waals surface area (Å²) < 4.78 is 0. The van der Waals surface area contributed by atoms with Gasteiger partial charge in [0.15, 0.2) is 0 Å². The SMILES string of the molecule is CC(C)C(C=O)N(N)/C=C(\N)c1cccnc1. The van der Waals surface area contributed by atoms with Crippen LogP contribution in [-0.4, -0.2) is 22.3 Å². The van der Waals surface area contributed by atoms with E-state index in [1.165, 1.54) is 5.01 Å². The molecule has 0 aliphatic carbocycles. The lowest BCUT2D eigenvalue weighted by molar-refractivity contribution is -0.112. The third kappa shape index (κ3) is 3.57. The molecule has 4 N–H and O–H groups in total. The first kappa shape index (κ1) is 13.2. The van der Waals surface area contributed by atoms with Crippen molar-refractivity contribution in [3.63, 3.8) is 0 Å². The number of nitrogens with zero attached hydrogens (tertiary/aromatic N) is 2. The minimum atomic E-state index is -0.384. The molecule has 92 valence electrons. The van der Waals surface area contributed by atoms with Crippen LogP contribution in [0.4, 0.5) is 0 Å². The number of rotatable bonds is 5. The van der Waals surface area contributed by atoms with Gasteiger partial charge in [0, 0.05) is 24.2 Å². The van der Waals surface area contributed by atoms with E-state index in [-0.39, 0.29) is 12.0 Å². The van der Waals surface area contributed by atoms with Gasteiger partial charge in [0.25, 0.3) is 0 Å². The minimum absolute atomic E-state index is 0.121. The molecule has 5 heteroatoms. The molecule has 0 bridgehead atoms. The van der Waals surface area contributed by atoms with Crippen molar-refractivity contribution in [3.05, 3.63) is 36.3 Å². The van der Waals surface area contributed by atoms with E-state index >= 15 is 0 Å². The zero-order valence-corrected chi connectivity index (χ0v) is 10.1. The van der Waals surface area contributed by atoms with Crippen LogP contribution in [0.5, 0.6) is 0 Å². The predicted octanol–water partition coefficient (Wildman–Crippen LogP) is 0.738. The number of hydrazine groups is 1. The second kappa shape index (κ2) is 6.00. The molecule has 1 rings (SSSR count). The molecule has 0 aliphatic heterocycles. The lowest BCUT2D eigenvalue weighted by Gasteiger charge is -2.24. The maximum Gasteiger partial charge on any atom is 0.144 e. The van der Waals surface area contributed by atoms with Crippen LogP contribution in [0.2, 0.25) is 0 Å². The van der Waals surface area contributed by atoms with Crippen LogP contribution in [-0.2, 0) is 4.79 Å². The van der Waals surface area contributed by atoms with Gasteiger partial charge in [0.05, 0.1) is 5.70 Å². The number of hydrogen-bond acceptors (Lipinski definition) is 5. The standard InChI is InChI=1S/C12H18N4O/c1-9(2)12(8-17)16(14)7-11(13)10-4-3-5-15-6-10/h3-9,12H,13-14H2,1-2H3/b11-7-. The summed E-state index contributed by atoms with van der Waals surface area (Å²) >= 11 is 0. The Morgan fingerprint density at radius 1 is 1.53 bits per heavy atom. The molecular weight excluding hydrogens is 216 g/mol. The molecule has 1 aromatic heterocycles. The highest BCUT2D eigenvalue weighted by molar-refractivity contribution is 5.63. The Hall–Kier alpha value is -1.88. The largest absolute Gasteiger partial charge is 0.397 e. The molecule has 0 fully saturated rings. The average Bonchev–Trinajstić information content (AvgIpc) is 2.30. The Morgan fingerprint density at radius 3 is 2.71 bits per heavy atom. The van der Waals surface area contributed by atoms with Crippen molar-refractivity contribution >= 4 is 12.0 Å². The lowest BCUT2D eigenvalue weighted by atomic mass is 10.1. The van der Waals surface area contributed by atoms with Gasteiger partial charge in [-0.1, -0.05) is 13.8 Å². The van der Waals surface area contributed by atoms with E-state index in [0.717, 1.165) is 11.8 Å². The van der Waals surface area contributed by atoms with Crippen LogP contribution in [0.15, 0.2) is 30.7 Å². The van der Waals surface area contributed by atoms with Crippen LogP contribution in [0.3, 0.4) is 0 Å². The maximum absolute atomic E-state index is 10.9. The predicted molar refractivity (Wildman–Crippen MR) is 67.1 cm³/mol. The Balaban J connectivity index is 2.85. The topological polar surface area (TPSA) is 85.2 Å². The normalized spacial score (nSPS) is 13.5. The molecule has 5 nitrogen and oxygen atoms in total. The van der Waals surface area contributed by atoms with Gasteiger partial charge in [-0.25, -0.2) is 5.84 Å². The van der Waals surface area contributed by atoms with Crippen molar-refractivity contribution in [3.8, 4) is 0 Å². The molecule has 0 aromatic carbocycles. The van der Waals surface area contributed by atoms with Crippen molar-refractivity contribution < 1.29 is 4.79 Å². The molecular formula is C12H18N4O. The van der Waals surface area contributed by atoms with Crippen LogP contribution in [0.25, 0.3) is 5.70 Å². The molecule has 0 radical (unpaired) electrons. The summed E-state index contributed by atoms with van der Waals surface area (Å²) in [5, 5.41) is 1.33. The zero-order chi connectivity index (χ0) is 12.8. The Morgan fingerprint density at radius 2 is 2.24 bits per heavy atom. The maximum atomic E-state index is 10.9. The minimum Gasteiger partial charge on any atom is -0.397 e. The van der Waals surface area contributed by atoms with Crippen molar-refractivity contribution in [2.45, 2.75) is 19.9 Å². The summed E-state index contributed by atoms with van der Waals surface area (Å²) in [6.45, 7) is 3.85. The molecule has 1 heterocycles. The third-order valence-corrected chi connectivity index (χ3v) is 2.45. The van der Waals surface area contributed by atoms with Crippen LogP contribution >= 0.6 is 0 Å². The molecule has 0 saturated carbocycles. The Kier molecular flexibility index (Phi) is 4.66. The molecule has 0 spiro atoms. The molecule has 0 amide bonds. The van der Waals surface area contributed by atoms with Gasteiger partial charge in [-0.3, -0.25) is 4.98 Å². The van der Waals surface area contributed by atoms with Gasteiger partial charge in [-0.2, -0.15) is 0 Å². The number of pyridine rings is 1. The van der Waals surface area contributed by atoms with Crippen molar-refractivity contribution in [2.24, 2.45) is 17.5 Å². The van der Waals surface area contributed by atoms with E-state index in [1.54, 1.807) is 24.7 Å². The first-order chi connectivity index (χ1) is 8.06. The fourth-order valence-electron chi connectivity index (χ4n) is 1.43. The zero-order valence-electron chi connectivity index (χ0n) is 10.1. The van der Waals surface area contributed by atoms with Gasteiger partial charge in [0.2, 0.25) is 0 Å². The van der Waals surface area contributed by atoms with Crippen molar-refractivity contribution in [1.82, 2.24) is 9.99 Å². The van der Waals surface area contributed by atoms with E-state index in [1.807, 2.05) is 19.9 Å². The van der Waals surface area contributed by atoms with Crippen molar-refractivity contribution in [2.75, 3.05) is 0 Å². The van der Waals surface area contributed by atoms with Gasteiger partial charge in [-0.15, -0.1) is 0 Å². The van der Waals surface area contributed by atoms with Crippen LogP contribution in [0, 0.1) is 5.92 Å². The second-order valence-corrected chi connectivity index (χ2v) is 4.14. The summed E-state index contributed by atoms with van der Waals surface area (Å²) in [5.74, 6) is 5.91. The van der Waals surface area contributed by atoms with Gasteiger partial charge in [-0.05, 0) is 18.1 Å². The highest BCUT2D eigenvalue weighted by Gasteiger charge is 2.16. The summed E-state index contributed by atoms with van der Waals surface area (Å²) in [4.78, 5) is 14.9. The lowest BCUT2D eigenvalue weighted by Crippen LogP contribution is -2.41. The monoisotopic (exact) mass is 234 g/mol. The highest BCUT2D eigenvalue weighted by Crippen LogP contribution is 2.10. The van der Waals surface area contributed by atoms with Gasteiger partial charge >= 0.3 is 0 Å². The summed E-state index contributed by atoms with van der Waals surface area (Å²) in [5.41, 5.74) is 7.13. The van der Waals surface area contributed by atoms with E-state index in [4.69, 9.17) is 11.6 Å². The molecule has 1 unspecified atom stereocenters. The number of aldehydes is 1. The summed E-state index contributed by atoms with van der Waals surface area (Å²) in [6, 6.07) is 3.24. The molecule has 1 atom stereocenters. The quantitative estimate of drug-likeness (QED) is 0.446. The average molecular weight is 234 g/mol. The van der Waals surface area contributed by atoms with E-state index in [9.17, 15) is 4.79 Å². The molecule has 0 saturated heterocycles. The van der Waals surface area contributed by atoms with E-state index < -0.39 is 0 Å². The molecule has 1 aromatic rings. The number of nitrogens with two attached hydrogens (primary N) is 2. The summed E-state index contributed by atoms with van der Waals surface area (Å²) in [6.07, 6.45) is 5.68. The Labute approximate surface area is 101 Å². The summed E-state index contributed by atoms with van der Waals surface area (Å²) in [7, 11) is 0. The number of hydrogen-bond donors (Lipinski definition) is 2.